The lowest BCUT2D eigenvalue weighted by atomic mass is 9.89. The van der Waals surface area contributed by atoms with Crippen molar-refractivity contribution in [1.82, 2.24) is 19.6 Å². The van der Waals surface area contributed by atoms with Gasteiger partial charge in [-0.2, -0.15) is 5.10 Å². The molecule has 2 fully saturated rings. The minimum Gasteiger partial charge on any atom is -0.483 e. The molecule has 3 heterocycles. The van der Waals surface area contributed by atoms with Crippen LogP contribution in [-0.4, -0.2) is 77.0 Å². The Morgan fingerprint density at radius 2 is 2.10 bits per heavy atom. The number of aromatic nitrogens is 2. The van der Waals surface area contributed by atoms with Crippen LogP contribution in [0.5, 0.6) is 0 Å². The number of methoxy groups -OCH3 is 1. The van der Waals surface area contributed by atoms with Crippen LogP contribution in [0.1, 0.15) is 11.6 Å². The number of amides is 1. The minimum atomic E-state index is -0.261. The number of ether oxygens (including phenoxy) is 1. The number of carbonyl (C=O) groups excluding carboxylic acids is 1. The maximum absolute atomic E-state index is 13.8. The van der Waals surface area contributed by atoms with Crippen molar-refractivity contribution in [2.45, 2.75) is 12.6 Å². The second-order valence-electron chi connectivity index (χ2n) is 7.54. The Labute approximate surface area is 174 Å². The van der Waals surface area contributed by atoms with E-state index in [4.69, 9.17) is 14.6 Å². The number of likely N-dealkylation sites (tertiary alicyclic amines) is 2. The van der Waals surface area contributed by atoms with Gasteiger partial charge in [-0.3, -0.25) is 14.3 Å². The molecule has 1 N–H and O–H groups in total. The quantitative estimate of drug-likeness (QED) is 0.716. The van der Waals surface area contributed by atoms with Gasteiger partial charge in [0.15, 0.2) is 0 Å². The molecule has 4 rings (SSSR count). The zero-order chi connectivity index (χ0) is 21.5. The zero-order valence-corrected chi connectivity index (χ0v) is 16.9. The molecule has 3 atom stereocenters. The summed E-state index contributed by atoms with van der Waals surface area (Å²) in [6, 6.07) is 8.49. The molecule has 162 valence electrons. The van der Waals surface area contributed by atoms with E-state index < -0.39 is 0 Å². The van der Waals surface area contributed by atoms with Crippen molar-refractivity contribution < 1.29 is 23.8 Å². The molecule has 30 heavy (non-hydrogen) atoms. The predicted octanol–water partition coefficient (Wildman–Crippen LogP) is 1.50. The number of hydrogen-bond acceptors (Lipinski definition) is 5. The average molecular weight is 418 g/mol. The Hall–Kier alpha value is -2.78. The first-order valence-electron chi connectivity index (χ1n) is 9.88. The van der Waals surface area contributed by atoms with E-state index >= 15 is 0 Å². The molecule has 8 nitrogen and oxygen atoms in total. The van der Waals surface area contributed by atoms with Crippen LogP contribution >= 0.6 is 0 Å². The smallest absolute Gasteiger partial charge is 0.290 e. The van der Waals surface area contributed by atoms with Crippen LogP contribution in [0.2, 0.25) is 0 Å². The molecular weight excluding hydrogens is 391 g/mol. The van der Waals surface area contributed by atoms with Crippen LogP contribution in [0.3, 0.4) is 0 Å². The highest BCUT2D eigenvalue weighted by molar-refractivity contribution is 5.78. The highest BCUT2D eigenvalue weighted by atomic mass is 19.1. The van der Waals surface area contributed by atoms with Gasteiger partial charge in [-0.25, -0.2) is 4.39 Å². The van der Waals surface area contributed by atoms with E-state index in [0.717, 1.165) is 31.7 Å². The Balaban J connectivity index is 0.000000806. The largest absolute Gasteiger partial charge is 0.483 e. The van der Waals surface area contributed by atoms with Crippen LogP contribution in [0.25, 0.3) is 0 Å². The van der Waals surface area contributed by atoms with Gasteiger partial charge in [-0.15, -0.1) is 0 Å². The van der Waals surface area contributed by atoms with Gasteiger partial charge < -0.3 is 19.6 Å². The number of hydrogen-bond donors (Lipinski definition) is 1. The zero-order valence-electron chi connectivity index (χ0n) is 16.9. The lowest BCUT2D eigenvalue weighted by Crippen LogP contribution is -2.38. The third kappa shape index (κ3) is 5.03. The Bertz CT molecular complexity index is 832. The second-order valence-corrected chi connectivity index (χ2v) is 7.54. The van der Waals surface area contributed by atoms with Crippen LogP contribution in [0, 0.1) is 17.7 Å². The van der Waals surface area contributed by atoms with Crippen molar-refractivity contribution in [2.75, 3.05) is 39.9 Å². The number of carboxylic acid groups (broad SMARTS) is 1. The molecule has 2 aromatic rings. The summed E-state index contributed by atoms with van der Waals surface area (Å²) in [6.07, 6.45) is 3.76. The molecule has 0 bridgehead atoms. The minimum absolute atomic E-state index is 0.0238. The standard InChI is InChI=1S/C20H25FN4O2.CH2O2/c1-27-14-19(26)25-12-16-11-23(8-9-24-7-3-6-22-24)13-18(16)20(25)15-4-2-5-17(21)10-15;2-1-3/h2-7,10,16,18,20H,8-9,11-14H2,1H3;1H,(H,2,3)/t16-,18-,20+;/m1./s1. The van der Waals surface area contributed by atoms with Gasteiger partial charge in [0, 0.05) is 51.6 Å². The highest BCUT2D eigenvalue weighted by Crippen LogP contribution is 2.45. The Morgan fingerprint density at radius 3 is 2.77 bits per heavy atom. The van der Waals surface area contributed by atoms with E-state index in [-0.39, 0.29) is 30.8 Å². The summed E-state index contributed by atoms with van der Waals surface area (Å²) < 4.78 is 20.8. The van der Waals surface area contributed by atoms with Gasteiger partial charge in [0.2, 0.25) is 5.91 Å². The molecule has 2 aliphatic heterocycles. The van der Waals surface area contributed by atoms with Crippen molar-refractivity contribution in [3.8, 4) is 0 Å². The number of halogens is 1. The third-order valence-corrected chi connectivity index (χ3v) is 5.72. The van der Waals surface area contributed by atoms with Crippen LogP contribution < -0.4 is 0 Å². The average Bonchev–Trinajstić information content (AvgIpc) is 3.43. The van der Waals surface area contributed by atoms with E-state index in [1.54, 1.807) is 18.3 Å². The van der Waals surface area contributed by atoms with E-state index in [1.165, 1.54) is 13.2 Å². The Kier molecular flexibility index (Phi) is 7.53. The maximum Gasteiger partial charge on any atom is 0.290 e. The maximum atomic E-state index is 13.8. The third-order valence-electron chi connectivity index (χ3n) is 5.72. The van der Waals surface area contributed by atoms with Crippen LogP contribution in [0.15, 0.2) is 42.7 Å². The molecule has 0 unspecified atom stereocenters. The first-order valence-corrected chi connectivity index (χ1v) is 9.88. The molecule has 2 aliphatic rings. The van der Waals surface area contributed by atoms with Gasteiger partial charge >= 0.3 is 0 Å². The molecule has 0 radical (unpaired) electrons. The molecule has 1 aromatic carbocycles. The number of carbonyl (C=O) groups is 2. The SMILES string of the molecule is COCC(=O)N1C[C@H]2CN(CCn3cccn3)C[C@H]2[C@@H]1c1cccc(F)c1.O=CO. The number of nitrogens with zero attached hydrogens (tertiary/aromatic N) is 4. The van der Waals surface area contributed by atoms with Gasteiger partial charge in [-0.1, -0.05) is 12.1 Å². The van der Waals surface area contributed by atoms with Gasteiger partial charge in [0.1, 0.15) is 12.4 Å². The van der Waals surface area contributed by atoms with E-state index in [2.05, 4.69) is 10.00 Å². The van der Waals surface area contributed by atoms with Gasteiger partial charge in [0.25, 0.3) is 6.47 Å². The summed E-state index contributed by atoms with van der Waals surface area (Å²) in [5, 5.41) is 11.1. The van der Waals surface area contributed by atoms with Gasteiger partial charge in [0.05, 0.1) is 12.6 Å². The molecule has 1 amide bonds. The molecule has 9 heteroatoms. The van der Waals surface area contributed by atoms with Crippen molar-refractivity contribution in [3.05, 3.63) is 54.1 Å². The second kappa shape index (κ2) is 10.3. The molecule has 0 aliphatic carbocycles. The van der Waals surface area contributed by atoms with Crippen molar-refractivity contribution in [3.63, 3.8) is 0 Å². The van der Waals surface area contributed by atoms with E-state index in [9.17, 15) is 9.18 Å². The van der Waals surface area contributed by atoms with E-state index in [0.29, 0.717) is 18.4 Å². The van der Waals surface area contributed by atoms with Crippen LogP contribution in [-0.2, 0) is 20.9 Å². The molecule has 2 saturated heterocycles. The predicted molar refractivity (Wildman–Crippen MR) is 107 cm³/mol. The number of benzene rings is 1. The van der Waals surface area contributed by atoms with E-state index in [1.807, 2.05) is 27.9 Å². The van der Waals surface area contributed by atoms with Crippen molar-refractivity contribution in [1.29, 1.82) is 0 Å². The Morgan fingerprint density at radius 1 is 1.30 bits per heavy atom. The summed E-state index contributed by atoms with van der Waals surface area (Å²) in [4.78, 5) is 25.3. The molecular formula is C21H27FN4O4. The van der Waals surface area contributed by atoms with Crippen LogP contribution in [0.4, 0.5) is 4.39 Å². The lowest BCUT2D eigenvalue weighted by Gasteiger charge is -2.30. The lowest BCUT2D eigenvalue weighted by molar-refractivity contribution is -0.136. The highest BCUT2D eigenvalue weighted by Gasteiger charge is 2.48. The van der Waals surface area contributed by atoms with Crippen molar-refractivity contribution >= 4 is 12.4 Å². The fraction of sp³-hybridized carbons (Fsp3) is 0.476. The van der Waals surface area contributed by atoms with Gasteiger partial charge in [-0.05, 0) is 29.7 Å². The monoisotopic (exact) mass is 418 g/mol. The molecule has 0 saturated carbocycles. The summed E-state index contributed by atoms with van der Waals surface area (Å²) in [5.41, 5.74) is 0.876. The molecule has 0 spiro atoms. The summed E-state index contributed by atoms with van der Waals surface area (Å²) >= 11 is 0. The normalized spacial score (nSPS) is 23.0. The first-order chi connectivity index (χ1) is 14.6. The first kappa shape index (κ1) is 21.9. The summed E-state index contributed by atoms with van der Waals surface area (Å²) in [6.45, 7) is 4.15. The molecule has 1 aromatic heterocycles. The summed E-state index contributed by atoms with van der Waals surface area (Å²) in [5.74, 6) is 0.426. The fourth-order valence-electron chi connectivity index (χ4n) is 4.58. The van der Waals surface area contributed by atoms with Crippen molar-refractivity contribution in [2.24, 2.45) is 11.8 Å². The fourth-order valence-corrected chi connectivity index (χ4v) is 4.58. The topological polar surface area (TPSA) is 87.9 Å². The number of rotatable bonds is 6. The summed E-state index contributed by atoms with van der Waals surface area (Å²) in [7, 11) is 1.53. The number of fused-ring (bicyclic) bond motifs is 1.